The number of allylic oxidation sites excluding steroid dienone is 2. The van der Waals surface area contributed by atoms with Crippen molar-refractivity contribution >= 4 is 21.9 Å². The number of rotatable bonds is 3. The fourth-order valence-corrected chi connectivity index (χ4v) is 12.3. The van der Waals surface area contributed by atoms with Crippen LogP contribution in [0.25, 0.3) is 33.0 Å². The van der Waals surface area contributed by atoms with E-state index in [1.54, 1.807) is 39.0 Å². The largest absolute Gasteiger partial charge is 0.0625 e. The molecule has 0 N–H and O–H groups in total. The summed E-state index contributed by atoms with van der Waals surface area (Å²) in [6, 6.07) is 26.7. The molecular weight excluding hydrogens is 565 g/mol. The van der Waals surface area contributed by atoms with E-state index < -0.39 is 0 Å². The van der Waals surface area contributed by atoms with Crippen molar-refractivity contribution in [1.82, 2.24) is 0 Å². The van der Waals surface area contributed by atoms with Crippen LogP contribution in [0.15, 0.2) is 66.7 Å². The average molecular weight is 621 g/mol. The maximum atomic E-state index is 2.68. The van der Waals surface area contributed by atoms with Crippen molar-refractivity contribution in [3.63, 3.8) is 0 Å². The summed E-state index contributed by atoms with van der Waals surface area (Å²) in [6.07, 6.45) is 0. The molecule has 0 heteroatoms. The normalized spacial score (nSPS) is 26.3. The lowest BCUT2D eigenvalue weighted by Gasteiger charge is -2.66. The van der Waals surface area contributed by atoms with Gasteiger partial charge in [0.25, 0.3) is 0 Å². The van der Waals surface area contributed by atoms with Gasteiger partial charge in [0.1, 0.15) is 0 Å². The first-order valence-corrected chi connectivity index (χ1v) is 18.6. The van der Waals surface area contributed by atoms with Crippen LogP contribution in [-0.4, -0.2) is 0 Å². The van der Waals surface area contributed by atoms with E-state index in [2.05, 4.69) is 157 Å². The van der Waals surface area contributed by atoms with Gasteiger partial charge in [0.15, 0.2) is 0 Å². The van der Waals surface area contributed by atoms with Crippen LogP contribution in [0.3, 0.4) is 0 Å². The summed E-state index contributed by atoms with van der Waals surface area (Å²) in [5, 5.41) is 2.95. The Morgan fingerprint density at radius 2 is 1.13 bits per heavy atom. The molecule has 4 aromatic carbocycles. The minimum absolute atomic E-state index is 0.00349. The van der Waals surface area contributed by atoms with Crippen molar-refractivity contribution in [3.8, 4) is 11.1 Å². The second-order valence-corrected chi connectivity index (χ2v) is 18.8. The van der Waals surface area contributed by atoms with Gasteiger partial charge in [-0.2, -0.15) is 0 Å². The lowest BCUT2D eigenvalue weighted by Crippen LogP contribution is -2.64. The molecule has 0 saturated heterocycles. The third kappa shape index (κ3) is 3.56. The smallest absolute Gasteiger partial charge is 0.0288 e. The van der Waals surface area contributed by atoms with Gasteiger partial charge in [0.2, 0.25) is 0 Å². The third-order valence-corrected chi connectivity index (χ3v) is 13.5. The molecular formula is C47H56. The molecule has 1 spiro atoms. The Morgan fingerprint density at radius 3 is 1.72 bits per heavy atom. The van der Waals surface area contributed by atoms with Gasteiger partial charge in [0.05, 0.1) is 0 Å². The van der Waals surface area contributed by atoms with Crippen molar-refractivity contribution < 1.29 is 0 Å². The highest BCUT2D eigenvalue weighted by Crippen LogP contribution is 2.75. The molecule has 4 aromatic rings. The molecule has 4 aliphatic carbocycles. The van der Waals surface area contributed by atoms with E-state index >= 15 is 0 Å². The first-order valence-electron chi connectivity index (χ1n) is 18.6. The van der Waals surface area contributed by atoms with Gasteiger partial charge in [0, 0.05) is 16.2 Å². The van der Waals surface area contributed by atoms with Gasteiger partial charge in [-0.1, -0.05) is 151 Å². The van der Waals surface area contributed by atoms with E-state index in [9.17, 15) is 0 Å². The maximum absolute atomic E-state index is 2.68. The summed E-state index contributed by atoms with van der Waals surface area (Å²) in [5.41, 5.74) is 17.0. The van der Waals surface area contributed by atoms with Crippen LogP contribution in [0.5, 0.6) is 0 Å². The first kappa shape index (κ1) is 31.2. The summed E-state index contributed by atoms with van der Waals surface area (Å²) in [6.45, 7) is 32.3. The molecule has 47 heavy (non-hydrogen) atoms. The van der Waals surface area contributed by atoms with E-state index in [4.69, 9.17) is 0 Å². The zero-order valence-electron chi connectivity index (χ0n) is 31.3. The number of hydrogen-bond acceptors (Lipinski definition) is 0. The molecule has 1 saturated carbocycles. The highest BCUT2D eigenvalue weighted by Gasteiger charge is 2.69. The van der Waals surface area contributed by atoms with E-state index in [1.807, 2.05) is 0 Å². The molecule has 0 amide bonds. The fourth-order valence-electron chi connectivity index (χ4n) is 12.3. The van der Waals surface area contributed by atoms with Crippen LogP contribution in [-0.2, 0) is 21.7 Å². The number of benzene rings is 4. The molecule has 8 rings (SSSR count). The molecule has 244 valence electrons. The molecule has 0 aromatic heterocycles. The van der Waals surface area contributed by atoms with Gasteiger partial charge < -0.3 is 0 Å². The van der Waals surface area contributed by atoms with Crippen LogP contribution in [0.1, 0.15) is 129 Å². The Morgan fingerprint density at radius 1 is 0.553 bits per heavy atom. The average Bonchev–Trinajstić information content (AvgIpc) is 3.51. The van der Waals surface area contributed by atoms with Gasteiger partial charge >= 0.3 is 0 Å². The predicted octanol–water partition coefficient (Wildman–Crippen LogP) is 12.7. The van der Waals surface area contributed by atoms with Gasteiger partial charge in [-0.3, -0.25) is 0 Å². The zero-order chi connectivity index (χ0) is 33.7. The van der Waals surface area contributed by atoms with Crippen LogP contribution in [0.4, 0.5) is 0 Å². The number of fused-ring (bicyclic) bond motifs is 12. The van der Waals surface area contributed by atoms with E-state index in [-0.39, 0.29) is 21.7 Å². The lowest BCUT2D eigenvalue weighted by molar-refractivity contribution is -0.105. The van der Waals surface area contributed by atoms with Crippen LogP contribution < -0.4 is 0 Å². The van der Waals surface area contributed by atoms with Gasteiger partial charge in [-0.15, -0.1) is 0 Å². The lowest BCUT2D eigenvalue weighted by atomic mass is 9.37. The summed E-state index contributed by atoms with van der Waals surface area (Å²) >= 11 is 0. The predicted molar refractivity (Wildman–Crippen MR) is 203 cm³/mol. The van der Waals surface area contributed by atoms with Crippen LogP contribution >= 0.6 is 0 Å². The summed E-state index contributed by atoms with van der Waals surface area (Å²) in [5.74, 6) is 3.73. The molecule has 0 aliphatic heterocycles. The van der Waals surface area contributed by atoms with Gasteiger partial charge in [-0.05, 0) is 119 Å². The van der Waals surface area contributed by atoms with Crippen LogP contribution in [0.2, 0.25) is 0 Å². The monoisotopic (exact) mass is 620 g/mol. The van der Waals surface area contributed by atoms with Crippen molar-refractivity contribution in [2.24, 2.45) is 35.5 Å². The molecule has 0 bridgehead atoms. The molecule has 0 radical (unpaired) electrons. The summed E-state index contributed by atoms with van der Waals surface area (Å²) in [4.78, 5) is 0. The first-order chi connectivity index (χ1) is 22.0. The van der Waals surface area contributed by atoms with Crippen molar-refractivity contribution in [3.05, 3.63) is 106 Å². The fraction of sp³-hybridized carbons (Fsp3) is 0.489. The van der Waals surface area contributed by atoms with Crippen molar-refractivity contribution in [2.75, 3.05) is 0 Å². The minimum atomic E-state index is -0.0991. The molecule has 0 nitrogen and oxygen atoms in total. The van der Waals surface area contributed by atoms with Crippen molar-refractivity contribution in [2.45, 2.75) is 112 Å². The van der Waals surface area contributed by atoms with E-state index in [0.717, 1.165) is 0 Å². The Hall–Kier alpha value is -3.12. The molecule has 2 atom stereocenters. The Labute approximate surface area is 285 Å². The van der Waals surface area contributed by atoms with E-state index in [0.29, 0.717) is 35.5 Å². The third-order valence-electron chi connectivity index (χ3n) is 13.5. The molecule has 4 aliphatic rings. The van der Waals surface area contributed by atoms with Gasteiger partial charge in [-0.25, -0.2) is 0 Å². The summed E-state index contributed by atoms with van der Waals surface area (Å²) < 4.78 is 0. The topological polar surface area (TPSA) is 0 Å². The minimum Gasteiger partial charge on any atom is -0.0625 e. The summed E-state index contributed by atoms with van der Waals surface area (Å²) in [7, 11) is 0. The molecule has 0 heterocycles. The zero-order valence-corrected chi connectivity index (χ0v) is 31.3. The quantitative estimate of drug-likeness (QED) is 0.214. The molecule has 2 unspecified atom stereocenters. The van der Waals surface area contributed by atoms with E-state index in [1.165, 1.54) is 33.0 Å². The Bertz CT molecular complexity index is 2000. The standard InChI is InChI=1S/C47H56/c1-25(2)36-38(26(3)4)47(39(36)27(5)6)34-23-22-31-41(46(12,13)42-30-20-16-17-21-33(30)45(10,11)43(31)42)37(34)32-24-35(44(7,8)9)28-18-14-15-19-29(28)40(32)47/h14-27,36,38-39H,1-13H3. The molecule has 1 fully saturated rings. The van der Waals surface area contributed by atoms with Crippen molar-refractivity contribution in [1.29, 1.82) is 0 Å². The highest BCUT2D eigenvalue weighted by molar-refractivity contribution is 6.13. The van der Waals surface area contributed by atoms with Crippen LogP contribution in [0, 0.1) is 35.5 Å². The maximum Gasteiger partial charge on any atom is 0.0288 e. The second-order valence-electron chi connectivity index (χ2n) is 18.8. The Balaban J connectivity index is 1.55. The SMILES string of the molecule is CC(C)C1C(C(C)C)C2(c3ccc4c(c3-c3cc(C(C)(C)C)c5ccccc5c32)C(C)(C)C2=C4C(C)(C)c3ccccc32)C1C(C)C. The highest BCUT2D eigenvalue weighted by atomic mass is 14.7. The number of hydrogen-bond donors (Lipinski definition) is 0. The Kier molecular flexibility index (Phi) is 6.31. The second kappa shape index (κ2) is 9.52.